The summed E-state index contributed by atoms with van der Waals surface area (Å²) in [7, 11) is 1.29. The van der Waals surface area contributed by atoms with Gasteiger partial charge in [-0.1, -0.05) is 66.4 Å². The molecule has 1 aliphatic heterocycles. The number of thiocarbonyl (C=S) groups is 1. The number of amides is 1. The van der Waals surface area contributed by atoms with Crippen molar-refractivity contribution in [2.45, 2.75) is 19.6 Å². The van der Waals surface area contributed by atoms with E-state index in [1.165, 1.54) is 23.8 Å². The predicted molar refractivity (Wildman–Crippen MR) is 114 cm³/mol. The summed E-state index contributed by atoms with van der Waals surface area (Å²) in [6.07, 6.45) is 1.75. The van der Waals surface area contributed by atoms with Gasteiger partial charge in [-0.3, -0.25) is 9.69 Å². The minimum atomic E-state index is -0.753. The lowest BCUT2D eigenvalue weighted by atomic mass is 10.2. The Hall–Kier alpha value is -2.64. The third-order valence-electron chi connectivity index (χ3n) is 4.18. The predicted octanol–water partition coefficient (Wildman–Crippen LogP) is 4.03. The number of ether oxygens (including phenoxy) is 2. The van der Waals surface area contributed by atoms with E-state index < -0.39 is 12.0 Å². The maximum Gasteiger partial charge on any atom is 0.328 e. The molecular formula is C21H19NO4S2. The first-order chi connectivity index (χ1) is 13.5. The maximum absolute atomic E-state index is 12.6. The van der Waals surface area contributed by atoms with E-state index in [1.807, 2.05) is 54.6 Å². The molecule has 1 aliphatic rings. The number of carbonyl (C=O) groups excluding carboxylic acids is 2. The highest BCUT2D eigenvalue weighted by molar-refractivity contribution is 8.26. The van der Waals surface area contributed by atoms with Crippen LogP contribution in [0.3, 0.4) is 0 Å². The highest BCUT2D eigenvalue weighted by atomic mass is 32.2. The molecular weight excluding hydrogens is 394 g/mol. The first-order valence-electron chi connectivity index (χ1n) is 8.61. The second kappa shape index (κ2) is 9.03. The molecule has 1 atom stereocenters. The number of carbonyl (C=O) groups is 2. The summed E-state index contributed by atoms with van der Waals surface area (Å²) < 4.78 is 10.8. The number of thioether (sulfide) groups is 1. The molecule has 7 heteroatoms. The molecule has 1 amide bonds. The number of hydrogen-bond acceptors (Lipinski definition) is 6. The van der Waals surface area contributed by atoms with Crippen LogP contribution in [0.4, 0.5) is 0 Å². The van der Waals surface area contributed by atoms with Crippen LogP contribution in [0.5, 0.6) is 5.75 Å². The summed E-state index contributed by atoms with van der Waals surface area (Å²) in [6, 6.07) is 16.6. The van der Waals surface area contributed by atoms with Crippen LogP contribution in [0.1, 0.15) is 18.1 Å². The van der Waals surface area contributed by atoms with Crippen LogP contribution in [0.25, 0.3) is 6.08 Å². The van der Waals surface area contributed by atoms with Crippen molar-refractivity contribution >= 4 is 46.3 Å². The van der Waals surface area contributed by atoms with E-state index in [9.17, 15) is 9.59 Å². The summed E-state index contributed by atoms with van der Waals surface area (Å²) >= 11 is 6.43. The van der Waals surface area contributed by atoms with Crippen molar-refractivity contribution < 1.29 is 19.1 Å². The molecule has 28 heavy (non-hydrogen) atoms. The summed E-state index contributed by atoms with van der Waals surface area (Å²) in [5, 5.41) is 0. The van der Waals surface area contributed by atoms with Crippen molar-refractivity contribution in [1.82, 2.24) is 4.90 Å². The van der Waals surface area contributed by atoms with Gasteiger partial charge in [-0.15, -0.1) is 0 Å². The fraction of sp³-hybridized carbons (Fsp3) is 0.190. The van der Waals surface area contributed by atoms with Gasteiger partial charge in [-0.2, -0.15) is 0 Å². The molecule has 0 N–H and O–H groups in total. The van der Waals surface area contributed by atoms with Crippen molar-refractivity contribution in [1.29, 1.82) is 0 Å². The smallest absolute Gasteiger partial charge is 0.328 e. The minimum absolute atomic E-state index is 0.294. The molecule has 2 aromatic carbocycles. The van der Waals surface area contributed by atoms with Crippen LogP contribution in [-0.2, 0) is 20.9 Å². The minimum Gasteiger partial charge on any atom is -0.489 e. The summed E-state index contributed by atoms with van der Waals surface area (Å²) in [5.74, 6) is -0.0531. The fourth-order valence-corrected chi connectivity index (χ4v) is 4.06. The lowest BCUT2D eigenvalue weighted by molar-refractivity contribution is -0.147. The number of methoxy groups -OCH3 is 1. The number of nitrogens with zero attached hydrogens (tertiary/aromatic N) is 1. The van der Waals surface area contributed by atoms with E-state index in [0.717, 1.165) is 16.9 Å². The Kier molecular flexibility index (Phi) is 6.49. The number of benzene rings is 2. The lowest BCUT2D eigenvalue weighted by Crippen LogP contribution is -2.42. The van der Waals surface area contributed by atoms with Crippen molar-refractivity contribution in [2.24, 2.45) is 0 Å². The lowest BCUT2D eigenvalue weighted by Gasteiger charge is -2.20. The van der Waals surface area contributed by atoms with Crippen LogP contribution in [-0.4, -0.2) is 34.2 Å². The Balaban J connectivity index is 1.67. The van der Waals surface area contributed by atoms with Crippen LogP contribution in [0.2, 0.25) is 0 Å². The van der Waals surface area contributed by atoms with Gasteiger partial charge in [0.25, 0.3) is 5.91 Å². The highest BCUT2D eigenvalue weighted by Crippen LogP contribution is 2.34. The average Bonchev–Trinajstić information content (AvgIpc) is 3.00. The molecule has 5 nitrogen and oxygen atoms in total. The SMILES string of the molecule is COC(=O)C(C)N1C(=O)/C(=C/c2ccc(OCc3ccccc3)cc2)SC1=S. The normalized spacial score (nSPS) is 16.4. The van der Waals surface area contributed by atoms with Gasteiger partial charge in [0.1, 0.15) is 22.7 Å². The molecule has 0 spiro atoms. The van der Waals surface area contributed by atoms with Gasteiger partial charge < -0.3 is 9.47 Å². The van der Waals surface area contributed by atoms with Gasteiger partial charge in [-0.25, -0.2) is 4.79 Å². The van der Waals surface area contributed by atoms with Crippen molar-refractivity contribution in [3.05, 3.63) is 70.6 Å². The van der Waals surface area contributed by atoms with Crippen LogP contribution in [0.15, 0.2) is 59.5 Å². The van der Waals surface area contributed by atoms with Gasteiger partial charge >= 0.3 is 5.97 Å². The van der Waals surface area contributed by atoms with E-state index in [0.29, 0.717) is 15.8 Å². The third kappa shape index (κ3) is 4.61. The zero-order valence-corrected chi connectivity index (χ0v) is 17.1. The van der Waals surface area contributed by atoms with Gasteiger partial charge in [0, 0.05) is 0 Å². The van der Waals surface area contributed by atoms with Crippen molar-refractivity contribution in [3.8, 4) is 5.75 Å². The van der Waals surface area contributed by atoms with Gasteiger partial charge in [-0.05, 0) is 36.3 Å². The third-order valence-corrected chi connectivity index (χ3v) is 5.51. The Morgan fingerprint density at radius 1 is 1.18 bits per heavy atom. The van der Waals surface area contributed by atoms with E-state index in [1.54, 1.807) is 13.0 Å². The van der Waals surface area contributed by atoms with Crippen LogP contribution >= 0.6 is 24.0 Å². The standard InChI is InChI=1S/C21H19NO4S2/c1-14(20(24)25-2)22-19(23)18(28-21(22)27)12-15-8-10-17(11-9-15)26-13-16-6-4-3-5-7-16/h3-12,14H,13H2,1-2H3/b18-12-. The number of esters is 1. The second-order valence-corrected chi connectivity index (χ2v) is 7.77. The van der Waals surface area contributed by atoms with Gasteiger partial charge in [0.2, 0.25) is 0 Å². The molecule has 144 valence electrons. The molecule has 2 aromatic rings. The molecule has 1 unspecified atom stereocenters. The quantitative estimate of drug-likeness (QED) is 0.405. The second-order valence-electron chi connectivity index (χ2n) is 6.09. The van der Waals surface area contributed by atoms with Crippen molar-refractivity contribution in [3.63, 3.8) is 0 Å². The van der Waals surface area contributed by atoms with Gasteiger partial charge in [0.05, 0.1) is 12.0 Å². The average molecular weight is 414 g/mol. The molecule has 0 aliphatic carbocycles. The molecule has 0 radical (unpaired) electrons. The van der Waals surface area contributed by atoms with Crippen LogP contribution < -0.4 is 4.74 Å². The fourth-order valence-electron chi connectivity index (χ4n) is 2.64. The molecule has 0 aromatic heterocycles. The molecule has 1 fully saturated rings. The summed E-state index contributed by atoms with van der Waals surface area (Å²) in [6.45, 7) is 2.09. The van der Waals surface area contributed by atoms with E-state index in [-0.39, 0.29) is 5.91 Å². The first kappa shape index (κ1) is 20.1. The Morgan fingerprint density at radius 2 is 1.86 bits per heavy atom. The summed E-state index contributed by atoms with van der Waals surface area (Å²) in [5.41, 5.74) is 1.94. The molecule has 1 heterocycles. The van der Waals surface area contributed by atoms with E-state index in [4.69, 9.17) is 21.7 Å². The topological polar surface area (TPSA) is 55.8 Å². The van der Waals surface area contributed by atoms with Crippen LogP contribution in [0, 0.1) is 0 Å². The molecule has 3 rings (SSSR count). The monoisotopic (exact) mass is 413 g/mol. The molecule has 1 saturated heterocycles. The Bertz CT molecular complexity index is 910. The maximum atomic E-state index is 12.6. The Labute approximate surface area is 173 Å². The zero-order valence-electron chi connectivity index (χ0n) is 15.5. The first-order valence-corrected chi connectivity index (χ1v) is 9.83. The summed E-state index contributed by atoms with van der Waals surface area (Å²) in [4.78, 5) is 26.1. The molecule has 0 saturated carbocycles. The van der Waals surface area contributed by atoms with E-state index >= 15 is 0 Å². The largest absolute Gasteiger partial charge is 0.489 e. The highest BCUT2D eigenvalue weighted by Gasteiger charge is 2.38. The number of hydrogen-bond donors (Lipinski definition) is 0. The van der Waals surface area contributed by atoms with Gasteiger partial charge in [0.15, 0.2) is 0 Å². The van der Waals surface area contributed by atoms with Crippen molar-refractivity contribution in [2.75, 3.05) is 7.11 Å². The Morgan fingerprint density at radius 3 is 2.50 bits per heavy atom. The van der Waals surface area contributed by atoms with E-state index in [2.05, 4.69) is 0 Å². The zero-order chi connectivity index (χ0) is 20.1. The molecule has 0 bridgehead atoms. The number of rotatable bonds is 6.